The van der Waals surface area contributed by atoms with Gasteiger partial charge >= 0.3 is 0 Å². The van der Waals surface area contributed by atoms with Gasteiger partial charge in [0.1, 0.15) is 18.4 Å². The van der Waals surface area contributed by atoms with Gasteiger partial charge in [-0.2, -0.15) is 0 Å². The molecule has 2 N–H and O–H groups in total. The van der Waals surface area contributed by atoms with Crippen LogP contribution in [0.4, 0.5) is 0 Å². The third-order valence-electron chi connectivity index (χ3n) is 5.74. The maximum atomic E-state index is 12.9. The van der Waals surface area contributed by atoms with Gasteiger partial charge in [0.15, 0.2) is 0 Å². The van der Waals surface area contributed by atoms with Crippen LogP contribution in [0.1, 0.15) is 24.6 Å². The number of carbonyl (C=O) groups excluding carboxylic acids is 3. The number of amides is 2. The summed E-state index contributed by atoms with van der Waals surface area (Å²) >= 11 is 0. The molecule has 2 aromatic carbocycles. The van der Waals surface area contributed by atoms with Gasteiger partial charge in [-0.05, 0) is 23.6 Å². The van der Waals surface area contributed by atoms with Crippen molar-refractivity contribution in [2.24, 2.45) is 0 Å². The second kappa shape index (κ2) is 10.4. The molecule has 0 saturated carbocycles. The minimum Gasteiger partial charge on any atom is -0.391 e. The summed E-state index contributed by atoms with van der Waals surface area (Å²) in [6.45, 7) is 1.73. The van der Waals surface area contributed by atoms with Crippen molar-refractivity contribution < 1.29 is 19.5 Å². The summed E-state index contributed by atoms with van der Waals surface area (Å²) in [4.78, 5) is 38.3. The fourth-order valence-electron chi connectivity index (χ4n) is 4.07. The number of ketones is 1. The van der Waals surface area contributed by atoms with Gasteiger partial charge in [-0.3, -0.25) is 14.4 Å². The number of Topliss-reactive ketones (excluding diaryl/α,β-unsaturated/α-hetero) is 1. The molecule has 0 aliphatic carbocycles. The smallest absolute Gasteiger partial charge is 0.245 e. The van der Waals surface area contributed by atoms with Crippen LogP contribution in [0.25, 0.3) is 11.1 Å². The van der Waals surface area contributed by atoms with Gasteiger partial charge < -0.3 is 15.3 Å². The monoisotopic (exact) mass is 461 g/mol. The van der Waals surface area contributed by atoms with Crippen LogP contribution in [0.2, 0.25) is 0 Å². The van der Waals surface area contributed by atoms with Crippen molar-refractivity contribution in [3.8, 4) is 11.1 Å². The average molecular weight is 462 g/mol. The van der Waals surface area contributed by atoms with E-state index in [0.717, 1.165) is 16.7 Å². The van der Waals surface area contributed by atoms with E-state index in [1.165, 1.54) is 16.5 Å². The van der Waals surface area contributed by atoms with Gasteiger partial charge in [-0.25, -0.2) is 4.68 Å². The lowest BCUT2D eigenvalue weighted by molar-refractivity contribution is -0.139. The predicted molar refractivity (Wildman–Crippen MR) is 124 cm³/mol. The van der Waals surface area contributed by atoms with Crippen LogP contribution in [-0.2, 0) is 33.9 Å². The number of nitrogens with one attached hydrogen (secondary N) is 1. The van der Waals surface area contributed by atoms with Crippen LogP contribution in [-0.4, -0.2) is 61.3 Å². The number of nitrogens with zero attached hydrogens (tertiary/aromatic N) is 4. The number of aliphatic hydroxyl groups is 1. The molecule has 9 heteroatoms. The maximum absolute atomic E-state index is 12.9. The molecule has 34 heavy (non-hydrogen) atoms. The molecule has 4 rings (SSSR count). The Kier molecular flexibility index (Phi) is 7.12. The molecule has 1 fully saturated rings. The molecule has 0 bridgehead atoms. The summed E-state index contributed by atoms with van der Waals surface area (Å²) in [6.07, 6.45) is 1.10. The molecular weight excluding hydrogens is 434 g/mol. The summed E-state index contributed by atoms with van der Waals surface area (Å²) in [5.41, 5.74) is 3.62. The fraction of sp³-hybridized carbons (Fsp3) is 0.320. The molecule has 1 saturated heterocycles. The number of carbonyl (C=O) groups is 3. The Bertz CT molecular complexity index is 1160. The minimum absolute atomic E-state index is 0.0486. The Labute approximate surface area is 197 Å². The molecule has 1 aromatic heterocycles. The Balaban J connectivity index is 1.34. The first-order valence-corrected chi connectivity index (χ1v) is 11.2. The zero-order valence-corrected chi connectivity index (χ0v) is 18.9. The van der Waals surface area contributed by atoms with Crippen LogP contribution in [0, 0.1) is 0 Å². The number of likely N-dealkylation sites (tertiary alicyclic amines) is 1. The van der Waals surface area contributed by atoms with Crippen molar-refractivity contribution in [1.29, 1.82) is 0 Å². The van der Waals surface area contributed by atoms with Crippen LogP contribution in [0.3, 0.4) is 0 Å². The number of aliphatic hydroxyl groups excluding tert-OH is 1. The van der Waals surface area contributed by atoms with Crippen LogP contribution in [0.5, 0.6) is 0 Å². The summed E-state index contributed by atoms with van der Waals surface area (Å²) in [6, 6.07) is 17.2. The topological polar surface area (TPSA) is 117 Å². The van der Waals surface area contributed by atoms with Crippen molar-refractivity contribution in [1.82, 2.24) is 25.2 Å². The fourth-order valence-corrected chi connectivity index (χ4v) is 4.07. The van der Waals surface area contributed by atoms with E-state index in [2.05, 4.69) is 15.6 Å². The second-order valence-corrected chi connectivity index (χ2v) is 8.52. The highest BCUT2D eigenvalue weighted by atomic mass is 16.3. The number of β-amino-alcohol motifs (C(OH)–C–C–N with tert-alkyl or cyclic N) is 1. The highest BCUT2D eigenvalue weighted by Crippen LogP contribution is 2.21. The minimum atomic E-state index is -0.770. The lowest BCUT2D eigenvalue weighted by Crippen LogP contribution is -2.46. The van der Waals surface area contributed by atoms with Crippen molar-refractivity contribution >= 4 is 17.6 Å². The Hall–Kier alpha value is -3.85. The van der Waals surface area contributed by atoms with Gasteiger partial charge in [-0.1, -0.05) is 59.8 Å². The van der Waals surface area contributed by atoms with Crippen LogP contribution in [0.15, 0.2) is 60.8 Å². The molecule has 2 atom stereocenters. The third kappa shape index (κ3) is 5.74. The van der Waals surface area contributed by atoms with Gasteiger partial charge in [0, 0.05) is 25.7 Å². The van der Waals surface area contributed by atoms with E-state index in [0.29, 0.717) is 12.2 Å². The van der Waals surface area contributed by atoms with E-state index >= 15 is 0 Å². The highest BCUT2D eigenvalue weighted by molar-refractivity contribution is 5.88. The standard InChI is InChI=1S/C25H27N5O4/c1-17(31)11-21-14-29(28-27-21)16-24(33)30-15-22(32)12-23(30)25(34)26-13-18-7-9-20(10-8-18)19-5-3-2-4-6-19/h2-10,14,22-23,32H,11-13,15-16H2,1H3,(H,26,34)/t22-,23+/m1/s1. The first-order chi connectivity index (χ1) is 16.4. The summed E-state index contributed by atoms with van der Waals surface area (Å²) in [5, 5.41) is 20.8. The molecule has 1 aliphatic heterocycles. The Morgan fingerprint density at radius 3 is 2.47 bits per heavy atom. The first-order valence-electron chi connectivity index (χ1n) is 11.2. The van der Waals surface area contributed by atoms with E-state index in [1.807, 2.05) is 54.6 Å². The zero-order valence-electron chi connectivity index (χ0n) is 18.9. The SMILES string of the molecule is CC(=O)Cc1cn(CC(=O)N2C[C@H](O)C[C@H]2C(=O)NCc2ccc(-c3ccccc3)cc2)nn1. The van der Waals surface area contributed by atoms with E-state index in [4.69, 9.17) is 0 Å². The molecule has 176 valence electrons. The van der Waals surface area contributed by atoms with E-state index in [-0.39, 0.29) is 43.5 Å². The molecule has 2 heterocycles. The molecule has 3 aromatic rings. The Morgan fingerprint density at radius 1 is 1.06 bits per heavy atom. The third-order valence-corrected chi connectivity index (χ3v) is 5.74. The van der Waals surface area contributed by atoms with Gasteiger partial charge in [0.2, 0.25) is 11.8 Å². The lowest BCUT2D eigenvalue weighted by atomic mass is 10.0. The number of aromatic nitrogens is 3. The van der Waals surface area contributed by atoms with Crippen molar-refractivity contribution in [2.75, 3.05) is 6.54 Å². The van der Waals surface area contributed by atoms with E-state index < -0.39 is 12.1 Å². The summed E-state index contributed by atoms with van der Waals surface area (Å²) in [7, 11) is 0. The predicted octanol–water partition coefficient (Wildman–Crippen LogP) is 1.35. The molecule has 9 nitrogen and oxygen atoms in total. The first kappa shape index (κ1) is 23.3. The van der Waals surface area contributed by atoms with Crippen molar-refractivity contribution in [3.05, 3.63) is 72.1 Å². The van der Waals surface area contributed by atoms with Crippen molar-refractivity contribution in [2.45, 2.75) is 45.0 Å². The van der Waals surface area contributed by atoms with Crippen LogP contribution >= 0.6 is 0 Å². The molecule has 0 radical (unpaired) electrons. The van der Waals surface area contributed by atoms with E-state index in [1.54, 1.807) is 6.20 Å². The van der Waals surface area contributed by atoms with Gasteiger partial charge in [0.05, 0.1) is 18.2 Å². The quantitative estimate of drug-likeness (QED) is 0.523. The zero-order chi connectivity index (χ0) is 24.1. The lowest BCUT2D eigenvalue weighted by Gasteiger charge is -2.23. The molecule has 0 unspecified atom stereocenters. The summed E-state index contributed by atoms with van der Waals surface area (Å²) < 4.78 is 1.34. The average Bonchev–Trinajstić information content (AvgIpc) is 3.44. The number of benzene rings is 2. The molecule has 0 spiro atoms. The maximum Gasteiger partial charge on any atom is 0.245 e. The Morgan fingerprint density at radius 2 is 1.76 bits per heavy atom. The normalized spacial score (nSPS) is 17.5. The largest absolute Gasteiger partial charge is 0.391 e. The van der Waals surface area contributed by atoms with Gasteiger partial charge in [-0.15, -0.1) is 5.10 Å². The number of hydrogen-bond acceptors (Lipinski definition) is 6. The molecule has 2 amide bonds. The summed E-state index contributed by atoms with van der Waals surface area (Å²) in [5.74, 6) is -0.705. The number of hydrogen-bond donors (Lipinski definition) is 2. The van der Waals surface area contributed by atoms with E-state index in [9.17, 15) is 19.5 Å². The van der Waals surface area contributed by atoms with Gasteiger partial charge in [0.25, 0.3) is 0 Å². The highest BCUT2D eigenvalue weighted by Gasteiger charge is 2.38. The van der Waals surface area contributed by atoms with Crippen LogP contribution < -0.4 is 5.32 Å². The molecular formula is C25H27N5O4. The molecule has 1 aliphatic rings. The second-order valence-electron chi connectivity index (χ2n) is 8.52. The number of rotatable bonds is 8. The van der Waals surface area contributed by atoms with Crippen molar-refractivity contribution in [3.63, 3.8) is 0 Å².